The van der Waals surface area contributed by atoms with Crippen LogP contribution in [0.3, 0.4) is 0 Å². The highest BCUT2D eigenvalue weighted by atomic mass is 35.5. The molecular weight excluding hydrogens is 557 g/mol. The van der Waals surface area contributed by atoms with Crippen LogP contribution in [-0.2, 0) is 0 Å². The monoisotopic (exact) mass is 580 g/mol. The maximum atomic E-state index is 12.6. The fourth-order valence-electron chi connectivity index (χ4n) is 4.38. The molecule has 206 valence electrons. The molecule has 0 aliphatic carbocycles. The molecule has 8 nitrogen and oxygen atoms in total. The molecule has 1 atom stereocenters. The van der Waals surface area contributed by atoms with Crippen molar-refractivity contribution in [3.8, 4) is 22.2 Å². The Kier molecular flexibility index (Phi) is 7.61. The van der Waals surface area contributed by atoms with Crippen LogP contribution < -0.4 is 25.3 Å². The fraction of sp³-hybridized carbons (Fsp3) is 0.308. The lowest BCUT2D eigenvalue weighted by Gasteiger charge is -2.25. The first kappa shape index (κ1) is 27.1. The number of halogens is 4. The molecule has 1 aliphatic rings. The minimum Gasteiger partial charge on any atom is -0.489 e. The average molecular weight is 581 g/mol. The third kappa shape index (κ3) is 6.07. The highest BCUT2D eigenvalue weighted by Gasteiger charge is 2.31. The standard InChI is InChI=1S/C26H24ClF3N4O4S/c1-14(17-3-2-4-20(23(17)27)37-15-7-9-32-10-8-15)36-21-12-22(39-24(21)25(31)35)34-13-33-18-11-16(5-6-19(18)34)38-26(28,29)30/h2-6,11-15,32H,7-10H2,1H3,(H2,31,35)/t14-/m1/s1. The van der Waals surface area contributed by atoms with E-state index in [1.807, 2.05) is 18.2 Å². The third-order valence-corrected chi connectivity index (χ3v) is 7.75. The van der Waals surface area contributed by atoms with Gasteiger partial charge in [0, 0.05) is 17.7 Å². The Bertz CT molecular complexity index is 1500. The smallest absolute Gasteiger partial charge is 0.489 e. The van der Waals surface area contributed by atoms with E-state index in [0.29, 0.717) is 26.9 Å². The number of ether oxygens (including phenoxy) is 3. The number of rotatable bonds is 8. The van der Waals surface area contributed by atoms with Crippen molar-refractivity contribution in [3.05, 3.63) is 64.3 Å². The van der Waals surface area contributed by atoms with Gasteiger partial charge < -0.3 is 25.3 Å². The number of nitrogens with one attached hydrogen (secondary N) is 1. The first-order valence-corrected chi connectivity index (χ1v) is 13.3. The van der Waals surface area contributed by atoms with Gasteiger partial charge >= 0.3 is 6.36 Å². The third-order valence-electron chi connectivity index (χ3n) is 6.21. The van der Waals surface area contributed by atoms with E-state index in [-0.39, 0.29) is 28.0 Å². The Morgan fingerprint density at radius 3 is 2.69 bits per heavy atom. The Hall–Kier alpha value is -3.48. The molecule has 1 saturated heterocycles. The van der Waals surface area contributed by atoms with Crippen LogP contribution >= 0.6 is 22.9 Å². The number of imidazole rings is 1. The summed E-state index contributed by atoms with van der Waals surface area (Å²) in [6.07, 6.45) is -2.11. The minimum absolute atomic E-state index is 0.0669. The van der Waals surface area contributed by atoms with Crippen LogP contribution in [0, 0.1) is 0 Å². The molecule has 1 amide bonds. The molecule has 5 rings (SSSR count). The molecule has 0 unspecified atom stereocenters. The average Bonchev–Trinajstić information content (AvgIpc) is 3.49. The van der Waals surface area contributed by atoms with E-state index in [0.717, 1.165) is 37.3 Å². The van der Waals surface area contributed by atoms with E-state index in [1.54, 1.807) is 17.6 Å². The normalized spacial score (nSPS) is 15.3. The summed E-state index contributed by atoms with van der Waals surface area (Å²) in [5, 5.41) is 4.26. The van der Waals surface area contributed by atoms with Crippen molar-refractivity contribution in [1.29, 1.82) is 0 Å². The van der Waals surface area contributed by atoms with E-state index in [9.17, 15) is 18.0 Å². The van der Waals surface area contributed by atoms with Crippen molar-refractivity contribution in [1.82, 2.24) is 14.9 Å². The number of amides is 1. The Labute approximate surface area is 230 Å². The summed E-state index contributed by atoms with van der Waals surface area (Å²) in [6, 6.07) is 10.9. The maximum absolute atomic E-state index is 12.6. The van der Waals surface area contributed by atoms with Crippen molar-refractivity contribution < 1.29 is 32.2 Å². The first-order chi connectivity index (χ1) is 18.6. The highest BCUT2D eigenvalue weighted by Crippen LogP contribution is 2.39. The summed E-state index contributed by atoms with van der Waals surface area (Å²) in [5.74, 6) is -0.260. The molecule has 3 N–H and O–H groups in total. The maximum Gasteiger partial charge on any atom is 0.573 e. The van der Waals surface area contributed by atoms with Crippen molar-refractivity contribution >= 4 is 39.9 Å². The predicted octanol–water partition coefficient (Wildman–Crippen LogP) is 6.01. The van der Waals surface area contributed by atoms with Gasteiger partial charge in [-0.2, -0.15) is 0 Å². The van der Waals surface area contributed by atoms with Crippen LogP contribution in [0.15, 0.2) is 48.8 Å². The zero-order chi connectivity index (χ0) is 27.7. The zero-order valence-corrected chi connectivity index (χ0v) is 22.2. The van der Waals surface area contributed by atoms with Gasteiger partial charge in [-0.05, 0) is 51.1 Å². The predicted molar refractivity (Wildman–Crippen MR) is 141 cm³/mol. The van der Waals surface area contributed by atoms with Gasteiger partial charge in [0.15, 0.2) is 0 Å². The summed E-state index contributed by atoms with van der Waals surface area (Å²) in [4.78, 5) is 16.6. The van der Waals surface area contributed by atoms with Crippen molar-refractivity contribution in [2.24, 2.45) is 5.73 Å². The quantitative estimate of drug-likeness (QED) is 0.265. The molecule has 39 heavy (non-hydrogen) atoms. The molecule has 0 spiro atoms. The molecular formula is C26H24ClF3N4O4S. The number of thiophene rings is 1. The van der Waals surface area contributed by atoms with Gasteiger partial charge in [0.1, 0.15) is 45.7 Å². The number of nitrogens with zero attached hydrogens (tertiary/aromatic N) is 2. The zero-order valence-electron chi connectivity index (χ0n) is 20.6. The van der Waals surface area contributed by atoms with Gasteiger partial charge in [-0.15, -0.1) is 24.5 Å². The van der Waals surface area contributed by atoms with Crippen LogP contribution in [0.5, 0.6) is 17.2 Å². The van der Waals surface area contributed by atoms with E-state index in [2.05, 4.69) is 15.0 Å². The van der Waals surface area contributed by atoms with E-state index in [1.165, 1.54) is 24.5 Å². The van der Waals surface area contributed by atoms with Gasteiger partial charge in [-0.1, -0.05) is 23.7 Å². The van der Waals surface area contributed by atoms with Crippen molar-refractivity contribution in [2.45, 2.75) is 38.3 Å². The van der Waals surface area contributed by atoms with Gasteiger partial charge in [0.2, 0.25) is 0 Å². The minimum atomic E-state index is -4.81. The van der Waals surface area contributed by atoms with E-state index < -0.39 is 18.4 Å². The van der Waals surface area contributed by atoms with Crippen molar-refractivity contribution in [3.63, 3.8) is 0 Å². The van der Waals surface area contributed by atoms with Crippen LogP contribution in [0.4, 0.5) is 13.2 Å². The molecule has 0 bridgehead atoms. The second kappa shape index (κ2) is 10.9. The highest BCUT2D eigenvalue weighted by molar-refractivity contribution is 7.16. The number of hydrogen-bond acceptors (Lipinski definition) is 7. The van der Waals surface area contributed by atoms with Gasteiger partial charge in [-0.25, -0.2) is 4.98 Å². The lowest BCUT2D eigenvalue weighted by molar-refractivity contribution is -0.274. The van der Waals surface area contributed by atoms with Crippen LogP contribution in [0.1, 0.15) is 41.1 Å². The van der Waals surface area contributed by atoms with Crippen LogP contribution in [-0.4, -0.2) is 41.0 Å². The molecule has 1 aliphatic heterocycles. The number of hydrogen-bond donors (Lipinski definition) is 2. The Morgan fingerprint density at radius 1 is 1.21 bits per heavy atom. The number of carbonyl (C=O) groups excluding carboxylic acids is 1. The van der Waals surface area contributed by atoms with Gasteiger partial charge in [0.25, 0.3) is 5.91 Å². The second-order valence-corrected chi connectivity index (χ2v) is 10.4. The topological polar surface area (TPSA) is 101 Å². The number of carbonyl (C=O) groups is 1. The number of fused-ring (bicyclic) bond motifs is 1. The SMILES string of the molecule is C[C@@H](Oc1cc(-n2cnc3cc(OC(F)(F)F)ccc32)sc1C(N)=O)c1cccc(OC2CCNCC2)c1Cl. The molecule has 0 radical (unpaired) electrons. The Morgan fingerprint density at radius 2 is 1.97 bits per heavy atom. The fourth-order valence-corrected chi connectivity index (χ4v) is 5.64. The molecule has 0 saturated carbocycles. The Balaban J connectivity index is 1.40. The number of nitrogens with two attached hydrogens (primary N) is 1. The summed E-state index contributed by atoms with van der Waals surface area (Å²) in [5.41, 5.74) is 7.10. The molecule has 4 aromatic rings. The molecule has 2 aromatic heterocycles. The second-order valence-electron chi connectivity index (χ2n) is 8.94. The molecule has 2 aromatic carbocycles. The summed E-state index contributed by atoms with van der Waals surface area (Å²) >= 11 is 7.76. The molecule has 1 fully saturated rings. The largest absolute Gasteiger partial charge is 0.573 e. The van der Waals surface area contributed by atoms with Gasteiger partial charge in [-0.3, -0.25) is 9.36 Å². The summed E-state index contributed by atoms with van der Waals surface area (Å²) < 4.78 is 55.7. The number of benzene rings is 2. The number of primary amides is 1. The summed E-state index contributed by atoms with van der Waals surface area (Å²) in [6.45, 7) is 3.56. The van der Waals surface area contributed by atoms with E-state index in [4.69, 9.17) is 26.8 Å². The molecule has 13 heteroatoms. The van der Waals surface area contributed by atoms with Gasteiger partial charge in [0.05, 0.1) is 16.1 Å². The lowest BCUT2D eigenvalue weighted by atomic mass is 10.1. The first-order valence-electron chi connectivity index (χ1n) is 12.1. The van der Waals surface area contributed by atoms with Crippen molar-refractivity contribution in [2.75, 3.05) is 13.1 Å². The van der Waals surface area contributed by atoms with Crippen LogP contribution in [0.2, 0.25) is 5.02 Å². The van der Waals surface area contributed by atoms with Crippen LogP contribution in [0.25, 0.3) is 16.0 Å². The number of aromatic nitrogens is 2. The lowest BCUT2D eigenvalue weighted by Crippen LogP contribution is -2.34. The number of piperidine rings is 1. The number of alkyl halides is 3. The molecule has 3 heterocycles. The summed E-state index contributed by atoms with van der Waals surface area (Å²) in [7, 11) is 0. The van der Waals surface area contributed by atoms with E-state index >= 15 is 0 Å².